The standard InChI is InChI=1S/C16H29N3O3S/c1-13-11-19(10-8-17-13)23(21,22)15-7-4-9-18(12-15)16(20)14-5-2-3-6-14/h13-15,17H,2-12H2,1H3/t13-,15?/m1/s1. The van der Waals surface area contributed by atoms with Gasteiger partial charge in [0.1, 0.15) is 0 Å². The lowest BCUT2D eigenvalue weighted by atomic mass is 10.0. The SMILES string of the molecule is C[C@@H]1CN(S(=O)(=O)C2CCCN(C(=O)C3CCCC3)C2)CCN1. The van der Waals surface area contributed by atoms with E-state index >= 15 is 0 Å². The molecule has 23 heavy (non-hydrogen) atoms. The molecule has 1 amide bonds. The van der Waals surface area contributed by atoms with Crippen LogP contribution < -0.4 is 5.32 Å². The maximum atomic E-state index is 12.9. The number of rotatable bonds is 3. The zero-order chi connectivity index (χ0) is 16.4. The Morgan fingerprint density at radius 3 is 2.48 bits per heavy atom. The molecule has 2 saturated heterocycles. The summed E-state index contributed by atoms with van der Waals surface area (Å²) in [6.07, 6.45) is 5.68. The molecule has 1 aliphatic carbocycles. The Balaban J connectivity index is 1.66. The summed E-state index contributed by atoms with van der Waals surface area (Å²) in [7, 11) is -3.31. The number of likely N-dealkylation sites (tertiary alicyclic amines) is 1. The van der Waals surface area contributed by atoms with Crippen LogP contribution in [-0.4, -0.2) is 67.5 Å². The lowest BCUT2D eigenvalue weighted by molar-refractivity contribution is -0.136. The van der Waals surface area contributed by atoms with E-state index in [4.69, 9.17) is 0 Å². The van der Waals surface area contributed by atoms with Gasteiger partial charge in [-0.2, -0.15) is 4.31 Å². The molecule has 0 bridgehead atoms. The molecule has 1 saturated carbocycles. The first-order chi connectivity index (χ1) is 11.0. The molecule has 0 spiro atoms. The molecule has 0 aromatic carbocycles. The van der Waals surface area contributed by atoms with Crippen LogP contribution in [0.3, 0.4) is 0 Å². The summed E-state index contributed by atoms with van der Waals surface area (Å²) in [6, 6.07) is 0.193. The minimum Gasteiger partial charge on any atom is -0.341 e. The van der Waals surface area contributed by atoms with Crippen molar-refractivity contribution in [3.05, 3.63) is 0 Å². The van der Waals surface area contributed by atoms with Crippen LogP contribution in [0.25, 0.3) is 0 Å². The number of carbonyl (C=O) groups excluding carboxylic acids is 1. The van der Waals surface area contributed by atoms with Crippen molar-refractivity contribution in [2.24, 2.45) is 5.92 Å². The summed E-state index contributed by atoms with van der Waals surface area (Å²) in [5.41, 5.74) is 0. The number of hydrogen-bond donors (Lipinski definition) is 1. The number of nitrogens with zero attached hydrogens (tertiary/aromatic N) is 2. The molecule has 3 rings (SSSR count). The van der Waals surface area contributed by atoms with Gasteiger partial charge in [-0.25, -0.2) is 8.42 Å². The summed E-state index contributed by atoms with van der Waals surface area (Å²) in [6.45, 7) is 4.90. The summed E-state index contributed by atoms with van der Waals surface area (Å²) >= 11 is 0. The fourth-order valence-electron chi connectivity index (χ4n) is 4.15. The van der Waals surface area contributed by atoms with E-state index in [2.05, 4.69) is 5.32 Å². The van der Waals surface area contributed by atoms with Crippen molar-refractivity contribution in [1.82, 2.24) is 14.5 Å². The Hall–Kier alpha value is -0.660. The molecule has 2 atom stereocenters. The van der Waals surface area contributed by atoms with Crippen LogP contribution in [0.2, 0.25) is 0 Å². The highest BCUT2D eigenvalue weighted by Crippen LogP contribution is 2.29. The lowest BCUT2D eigenvalue weighted by Gasteiger charge is -2.38. The van der Waals surface area contributed by atoms with E-state index in [0.29, 0.717) is 32.6 Å². The van der Waals surface area contributed by atoms with Gasteiger partial charge in [0.05, 0.1) is 5.25 Å². The van der Waals surface area contributed by atoms with Crippen LogP contribution in [0.15, 0.2) is 0 Å². The first-order valence-electron chi connectivity index (χ1n) is 8.99. The molecule has 6 nitrogen and oxygen atoms in total. The van der Waals surface area contributed by atoms with E-state index in [1.807, 2.05) is 11.8 Å². The predicted octanol–water partition coefficient (Wildman–Crippen LogP) is 0.791. The first kappa shape index (κ1) is 17.2. The van der Waals surface area contributed by atoms with Crippen LogP contribution in [-0.2, 0) is 14.8 Å². The summed E-state index contributed by atoms with van der Waals surface area (Å²) in [5, 5.41) is 2.86. The van der Waals surface area contributed by atoms with Gasteiger partial charge in [0.2, 0.25) is 15.9 Å². The maximum absolute atomic E-state index is 12.9. The quantitative estimate of drug-likeness (QED) is 0.823. The van der Waals surface area contributed by atoms with Crippen molar-refractivity contribution in [2.75, 3.05) is 32.7 Å². The molecule has 7 heteroatoms. The Morgan fingerprint density at radius 1 is 1.04 bits per heavy atom. The molecule has 1 unspecified atom stereocenters. The Morgan fingerprint density at radius 2 is 1.78 bits per heavy atom. The van der Waals surface area contributed by atoms with Crippen molar-refractivity contribution in [1.29, 1.82) is 0 Å². The predicted molar refractivity (Wildman–Crippen MR) is 89.5 cm³/mol. The average molecular weight is 343 g/mol. The Labute approximate surface area is 139 Å². The van der Waals surface area contributed by atoms with Crippen LogP contribution in [0.1, 0.15) is 45.4 Å². The second-order valence-corrected chi connectivity index (χ2v) is 9.50. The normalized spacial score (nSPS) is 31.4. The summed E-state index contributed by atoms with van der Waals surface area (Å²) in [5.74, 6) is 0.326. The summed E-state index contributed by atoms with van der Waals surface area (Å²) in [4.78, 5) is 14.4. The smallest absolute Gasteiger partial charge is 0.225 e. The molecule has 3 fully saturated rings. The van der Waals surface area contributed by atoms with Crippen molar-refractivity contribution in [3.63, 3.8) is 0 Å². The van der Waals surface area contributed by atoms with Crippen molar-refractivity contribution < 1.29 is 13.2 Å². The fourth-order valence-corrected chi connectivity index (χ4v) is 6.18. The topological polar surface area (TPSA) is 69.7 Å². The summed E-state index contributed by atoms with van der Waals surface area (Å²) < 4.78 is 27.5. The second-order valence-electron chi connectivity index (χ2n) is 7.29. The van der Waals surface area contributed by atoms with Gasteiger partial charge in [0.15, 0.2) is 0 Å². The van der Waals surface area contributed by atoms with E-state index in [1.54, 1.807) is 4.31 Å². The van der Waals surface area contributed by atoms with E-state index in [9.17, 15) is 13.2 Å². The number of piperidine rings is 1. The molecular formula is C16H29N3O3S. The molecule has 3 aliphatic rings. The molecule has 2 heterocycles. The van der Waals surface area contributed by atoms with Gasteiger partial charge in [-0.1, -0.05) is 12.8 Å². The maximum Gasteiger partial charge on any atom is 0.225 e. The second kappa shape index (κ2) is 7.07. The van der Waals surface area contributed by atoms with E-state index in [1.165, 1.54) is 0 Å². The molecule has 0 aromatic rings. The van der Waals surface area contributed by atoms with Crippen molar-refractivity contribution in [3.8, 4) is 0 Å². The fraction of sp³-hybridized carbons (Fsp3) is 0.938. The number of nitrogens with one attached hydrogen (secondary N) is 1. The van der Waals surface area contributed by atoms with Gasteiger partial charge < -0.3 is 10.2 Å². The van der Waals surface area contributed by atoms with E-state index in [0.717, 1.165) is 38.6 Å². The number of piperazine rings is 1. The highest BCUT2D eigenvalue weighted by atomic mass is 32.2. The molecule has 0 aromatic heterocycles. The van der Waals surface area contributed by atoms with Gasteiger partial charge in [0, 0.05) is 44.7 Å². The highest BCUT2D eigenvalue weighted by molar-refractivity contribution is 7.89. The molecule has 132 valence electrons. The van der Waals surface area contributed by atoms with Gasteiger partial charge in [-0.15, -0.1) is 0 Å². The monoisotopic (exact) mass is 343 g/mol. The average Bonchev–Trinajstić information content (AvgIpc) is 3.09. The van der Waals surface area contributed by atoms with Crippen LogP contribution in [0.5, 0.6) is 0 Å². The van der Waals surface area contributed by atoms with Gasteiger partial charge in [-0.05, 0) is 32.6 Å². The van der Waals surface area contributed by atoms with Crippen LogP contribution in [0.4, 0.5) is 0 Å². The minimum atomic E-state index is -3.31. The minimum absolute atomic E-state index is 0.135. The number of carbonyl (C=O) groups is 1. The van der Waals surface area contributed by atoms with Gasteiger partial charge in [-0.3, -0.25) is 4.79 Å². The molecule has 0 radical (unpaired) electrons. The van der Waals surface area contributed by atoms with Crippen molar-refractivity contribution in [2.45, 2.75) is 56.7 Å². The van der Waals surface area contributed by atoms with E-state index in [-0.39, 0.29) is 17.9 Å². The molecule has 1 N–H and O–H groups in total. The largest absolute Gasteiger partial charge is 0.341 e. The number of sulfonamides is 1. The zero-order valence-corrected chi connectivity index (χ0v) is 14.9. The van der Waals surface area contributed by atoms with Gasteiger partial charge in [0.25, 0.3) is 0 Å². The number of amides is 1. The van der Waals surface area contributed by atoms with Crippen LogP contribution in [0, 0.1) is 5.92 Å². The third-order valence-corrected chi connectivity index (χ3v) is 7.79. The molecule has 2 aliphatic heterocycles. The van der Waals surface area contributed by atoms with E-state index < -0.39 is 15.3 Å². The number of hydrogen-bond acceptors (Lipinski definition) is 4. The highest BCUT2D eigenvalue weighted by Gasteiger charge is 2.39. The Kier molecular flexibility index (Phi) is 5.28. The first-order valence-corrected chi connectivity index (χ1v) is 10.5. The van der Waals surface area contributed by atoms with Gasteiger partial charge >= 0.3 is 0 Å². The third-order valence-electron chi connectivity index (χ3n) is 5.51. The zero-order valence-electron chi connectivity index (χ0n) is 14.0. The van der Waals surface area contributed by atoms with Crippen molar-refractivity contribution >= 4 is 15.9 Å². The molecular weight excluding hydrogens is 314 g/mol. The van der Waals surface area contributed by atoms with Crippen LogP contribution >= 0.6 is 0 Å². The lowest BCUT2D eigenvalue weighted by Crippen LogP contribution is -2.56. The third kappa shape index (κ3) is 3.72. The Bertz CT molecular complexity index is 531.